The number of carbonyl (C=O) groups is 3. The molecule has 29 heavy (non-hydrogen) atoms. The molecule has 1 atom stereocenters. The Kier molecular flexibility index (Phi) is 6.45. The molecule has 0 aromatic rings. The van der Waals surface area contributed by atoms with Gasteiger partial charge in [-0.25, -0.2) is 14.4 Å². The molecular formula is C21H29NO7. The van der Waals surface area contributed by atoms with Gasteiger partial charge in [-0.3, -0.25) is 4.90 Å². The summed E-state index contributed by atoms with van der Waals surface area (Å²) in [6.07, 6.45) is 3.95. The number of hydrogen-bond donors (Lipinski definition) is 0. The SMILES string of the molecule is CCOC(=O)C1=CC[C@@H]2C(=CO1)C=C(C(=O)OC(C)(C)C)N2C(=O)OC(C)(C)C. The maximum Gasteiger partial charge on any atom is 0.415 e. The largest absolute Gasteiger partial charge is 0.460 e. The van der Waals surface area contributed by atoms with E-state index < -0.39 is 35.3 Å². The molecule has 0 saturated heterocycles. The van der Waals surface area contributed by atoms with Gasteiger partial charge in [-0.05, 0) is 67.0 Å². The molecular weight excluding hydrogens is 378 g/mol. The van der Waals surface area contributed by atoms with Crippen LogP contribution >= 0.6 is 0 Å². The highest BCUT2D eigenvalue weighted by Gasteiger charge is 2.42. The van der Waals surface area contributed by atoms with Crippen molar-refractivity contribution in [1.82, 2.24) is 4.90 Å². The second-order valence-electron chi connectivity index (χ2n) is 8.66. The fourth-order valence-electron chi connectivity index (χ4n) is 2.75. The number of nitrogens with zero attached hydrogens (tertiary/aromatic N) is 1. The van der Waals surface area contributed by atoms with Crippen molar-refractivity contribution in [1.29, 1.82) is 0 Å². The molecule has 2 rings (SSSR count). The van der Waals surface area contributed by atoms with Gasteiger partial charge in [0.15, 0.2) is 0 Å². The molecule has 0 aromatic heterocycles. The van der Waals surface area contributed by atoms with Crippen molar-refractivity contribution in [3.8, 4) is 0 Å². The van der Waals surface area contributed by atoms with Gasteiger partial charge >= 0.3 is 18.0 Å². The van der Waals surface area contributed by atoms with E-state index in [0.717, 1.165) is 0 Å². The third kappa shape index (κ3) is 5.85. The van der Waals surface area contributed by atoms with Crippen molar-refractivity contribution in [2.75, 3.05) is 6.61 Å². The topological polar surface area (TPSA) is 91.4 Å². The lowest BCUT2D eigenvalue weighted by Crippen LogP contribution is -2.43. The van der Waals surface area contributed by atoms with Crippen LogP contribution in [0.5, 0.6) is 0 Å². The van der Waals surface area contributed by atoms with Crippen LogP contribution in [0.1, 0.15) is 54.9 Å². The normalized spacial score (nSPS) is 19.1. The minimum absolute atomic E-state index is 0.0325. The number of fused-ring (bicyclic) bond motifs is 1. The minimum Gasteiger partial charge on any atom is -0.460 e. The third-order valence-corrected chi connectivity index (χ3v) is 3.78. The summed E-state index contributed by atoms with van der Waals surface area (Å²) in [5, 5.41) is 0. The predicted octanol–water partition coefficient (Wildman–Crippen LogP) is 3.58. The first-order valence-electron chi connectivity index (χ1n) is 9.53. The molecule has 0 aliphatic carbocycles. The Morgan fingerprint density at radius 2 is 1.69 bits per heavy atom. The van der Waals surface area contributed by atoms with E-state index >= 15 is 0 Å². The van der Waals surface area contributed by atoms with Gasteiger partial charge in [0.1, 0.15) is 16.9 Å². The van der Waals surface area contributed by atoms with Gasteiger partial charge in [-0.2, -0.15) is 0 Å². The lowest BCUT2D eigenvalue weighted by atomic mass is 10.1. The van der Waals surface area contributed by atoms with Crippen LogP contribution in [0.4, 0.5) is 4.79 Å². The van der Waals surface area contributed by atoms with E-state index in [1.54, 1.807) is 48.5 Å². The van der Waals surface area contributed by atoms with Gasteiger partial charge in [-0.15, -0.1) is 0 Å². The first-order valence-corrected chi connectivity index (χ1v) is 9.53. The molecule has 8 heteroatoms. The molecule has 2 aliphatic rings. The van der Waals surface area contributed by atoms with Crippen molar-refractivity contribution in [3.05, 3.63) is 35.4 Å². The Bertz CT molecular complexity index is 778. The van der Waals surface area contributed by atoms with Crippen molar-refractivity contribution in [3.63, 3.8) is 0 Å². The Morgan fingerprint density at radius 3 is 2.24 bits per heavy atom. The Hall–Kier alpha value is -2.77. The van der Waals surface area contributed by atoms with E-state index in [4.69, 9.17) is 18.9 Å². The van der Waals surface area contributed by atoms with E-state index in [1.807, 2.05) is 0 Å². The van der Waals surface area contributed by atoms with Crippen LogP contribution in [0.2, 0.25) is 0 Å². The van der Waals surface area contributed by atoms with Gasteiger partial charge in [0, 0.05) is 5.57 Å². The van der Waals surface area contributed by atoms with Crippen LogP contribution in [-0.4, -0.2) is 46.8 Å². The van der Waals surface area contributed by atoms with Crippen LogP contribution in [0, 0.1) is 0 Å². The van der Waals surface area contributed by atoms with E-state index in [-0.39, 0.29) is 24.5 Å². The summed E-state index contributed by atoms with van der Waals surface area (Å²) >= 11 is 0. The third-order valence-electron chi connectivity index (χ3n) is 3.78. The smallest absolute Gasteiger partial charge is 0.415 e. The molecule has 0 saturated carbocycles. The first-order chi connectivity index (χ1) is 13.3. The Morgan fingerprint density at radius 1 is 1.07 bits per heavy atom. The Labute approximate surface area is 171 Å². The standard InChI is InChI=1S/C21H29NO7/c1-8-26-18(24)16-10-9-14-13(12-27-16)11-15(17(23)28-20(2,3)4)22(14)19(25)29-21(5,6)7/h10-12,14H,8-9H2,1-7H3/t14-/m1/s1. The molecule has 8 nitrogen and oxygen atoms in total. The van der Waals surface area contributed by atoms with Crippen molar-refractivity contribution in [2.45, 2.75) is 72.1 Å². The molecule has 0 fully saturated rings. The van der Waals surface area contributed by atoms with E-state index in [9.17, 15) is 14.4 Å². The van der Waals surface area contributed by atoms with Crippen molar-refractivity contribution >= 4 is 18.0 Å². The fraction of sp³-hybridized carbons (Fsp3) is 0.571. The molecule has 0 radical (unpaired) electrons. The molecule has 0 unspecified atom stereocenters. The summed E-state index contributed by atoms with van der Waals surface area (Å²) in [4.78, 5) is 38.8. The fourth-order valence-corrected chi connectivity index (χ4v) is 2.75. The summed E-state index contributed by atoms with van der Waals surface area (Å²) in [5.41, 5.74) is -0.881. The number of esters is 2. The molecule has 0 bridgehead atoms. The molecule has 160 valence electrons. The summed E-state index contributed by atoms with van der Waals surface area (Å²) < 4.78 is 21.3. The molecule has 2 heterocycles. The minimum atomic E-state index is -0.754. The average Bonchev–Trinajstić information content (AvgIpc) is 2.79. The second kappa shape index (κ2) is 8.31. The highest BCUT2D eigenvalue weighted by atomic mass is 16.6. The summed E-state index contributed by atoms with van der Waals surface area (Å²) in [7, 11) is 0. The maximum absolute atomic E-state index is 12.9. The van der Waals surface area contributed by atoms with Crippen LogP contribution in [0.3, 0.4) is 0 Å². The van der Waals surface area contributed by atoms with Crippen LogP contribution in [-0.2, 0) is 28.5 Å². The predicted molar refractivity (Wildman–Crippen MR) is 104 cm³/mol. The highest BCUT2D eigenvalue weighted by molar-refractivity contribution is 5.95. The maximum atomic E-state index is 12.9. The van der Waals surface area contributed by atoms with E-state index in [1.165, 1.54) is 23.3 Å². The number of ether oxygens (including phenoxy) is 4. The zero-order valence-corrected chi connectivity index (χ0v) is 18.0. The molecule has 2 aliphatic heterocycles. The monoisotopic (exact) mass is 407 g/mol. The van der Waals surface area contributed by atoms with E-state index in [2.05, 4.69) is 0 Å². The van der Waals surface area contributed by atoms with Gasteiger partial charge in [-0.1, -0.05) is 0 Å². The highest BCUT2D eigenvalue weighted by Crippen LogP contribution is 2.34. The van der Waals surface area contributed by atoms with E-state index in [0.29, 0.717) is 5.57 Å². The summed E-state index contributed by atoms with van der Waals surface area (Å²) in [5.74, 6) is -1.21. The number of carbonyl (C=O) groups excluding carboxylic acids is 3. The van der Waals surface area contributed by atoms with Gasteiger partial charge in [0.25, 0.3) is 0 Å². The van der Waals surface area contributed by atoms with Gasteiger partial charge < -0.3 is 18.9 Å². The molecule has 0 N–H and O–H groups in total. The van der Waals surface area contributed by atoms with Crippen molar-refractivity contribution in [2.24, 2.45) is 0 Å². The number of hydrogen-bond acceptors (Lipinski definition) is 7. The molecule has 1 amide bonds. The van der Waals surface area contributed by atoms with Crippen molar-refractivity contribution < 1.29 is 33.3 Å². The quantitative estimate of drug-likeness (QED) is 0.521. The first kappa shape index (κ1) is 22.5. The van der Waals surface area contributed by atoms with Crippen LogP contribution in [0.15, 0.2) is 35.4 Å². The van der Waals surface area contributed by atoms with Gasteiger partial charge in [0.05, 0.1) is 18.9 Å². The zero-order valence-electron chi connectivity index (χ0n) is 18.0. The lowest BCUT2D eigenvalue weighted by Gasteiger charge is -2.30. The lowest BCUT2D eigenvalue weighted by molar-refractivity contribution is -0.151. The molecule has 0 aromatic carbocycles. The van der Waals surface area contributed by atoms with Crippen LogP contribution in [0.25, 0.3) is 0 Å². The number of rotatable bonds is 3. The Balaban J connectivity index is 2.37. The van der Waals surface area contributed by atoms with Crippen LogP contribution < -0.4 is 0 Å². The summed E-state index contributed by atoms with van der Waals surface area (Å²) in [6.45, 7) is 12.4. The number of amides is 1. The average molecular weight is 407 g/mol. The molecule has 0 spiro atoms. The zero-order chi connectivity index (χ0) is 22.0. The second-order valence-corrected chi connectivity index (χ2v) is 8.66. The van der Waals surface area contributed by atoms with Gasteiger partial charge in [0.2, 0.25) is 5.76 Å². The summed E-state index contributed by atoms with van der Waals surface area (Å²) in [6, 6.07) is -0.570.